The molecule has 9 N–H and O–H groups in total. The highest BCUT2D eigenvalue weighted by Crippen LogP contribution is 2.06. The second kappa shape index (κ2) is 8.85. The van der Waals surface area contributed by atoms with E-state index in [9.17, 15) is 19.7 Å². The average molecular weight is 330 g/mol. The van der Waals surface area contributed by atoms with E-state index in [4.69, 9.17) is 17.2 Å². The van der Waals surface area contributed by atoms with E-state index in [1.54, 1.807) is 5.43 Å². The lowest BCUT2D eigenvalue weighted by Crippen LogP contribution is -2.46. The fraction of sp³-hybridized carbons (Fsp3) is 0.727. The van der Waals surface area contributed by atoms with Gasteiger partial charge in [-0.2, -0.15) is 0 Å². The summed E-state index contributed by atoms with van der Waals surface area (Å²) in [5, 5.41) is 14.9. The number of hydrogen-bond acceptors (Lipinski definition) is 7. The van der Waals surface area contributed by atoms with Crippen molar-refractivity contribution in [2.24, 2.45) is 22.2 Å². The third-order valence-corrected chi connectivity index (χ3v) is 3.32. The molecule has 0 aromatic heterocycles. The zero-order valence-corrected chi connectivity index (χ0v) is 12.5. The summed E-state index contributed by atoms with van der Waals surface area (Å²) in [6, 6.07) is -1.37. The van der Waals surface area contributed by atoms with E-state index in [-0.39, 0.29) is 24.5 Å². The molecule has 1 heterocycles. The third-order valence-electron chi connectivity index (χ3n) is 3.32. The molecule has 3 atom stereocenters. The van der Waals surface area contributed by atoms with Gasteiger partial charge in [-0.3, -0.25) is 9.59 Å². The second-order valence-electron chi connectivity index (χ2n) is 5.19. The number of nitrogens with one attached hydrogen (secondary N) is 3. The van der Waals surface area contributed by atoms with Crippen molar-refractivity contribution < 1.29 is 14.6 Å². The van der Waals surface area contributed by atoms with Crippen molar-refractivity contribution >= 4 is 17.8 Å². The standard InChI is InChI=1S/C11H22N8O4/c12-7(2-1-3-15-11(14)18-19(22)23)10(21)17-6-4-8(9(13)20)16-5-6/h6-8,16H,1-5,12H2,(H2,13,20)(H,17,21)(H3,14,15,18)/t6-,7+,8-/m0/s1. The lowest BCUT2D eigenvalue weighted by molar-refractivity contribution is -0.525. The largest absolute Gasteiger partial charge is 0.368 e. The Kier molecular flexibility index (Phi) is 7.15. The van der Waals surface area contributed by atoms with Crippen molar-refractivity contribution in [1.82, 2.24) is 16.1 Å². The highest BCUT2D eigenvalue weighted by molar-refractivity contribution is 5.83. The molecule has 0 aromatic carbocycles. The summed E-state index contributed by atoms with van der Waals surface area (Å²) in [5.41, 5.74) is 17.9. The van der Waals surface area contributed by atoms with Crippen molar-refractivity contribution in [1.29, 1.82) is 0 Å². The van der Waals surface area contributed by atoms with Gasteiger partial charge in [-0.25, -0.2) is 15.1 Å². The number of guanidine groups is 1. The van der Waals surface area contributed by atoms with Crippen molar-refractivity contribution in [3.63, 3.8) is 0 Å². The summed E-state index contributed by atoms with van der Waals surface area (Å²) >= 11 is 0. The molecule has 0 aliphatic carbocycles. The van der Waals surface area contributed by atoms with Gasteiger partial charge in [0.25, 0.3) is 5.96 Å². The molecular formula is C11H22N8O4. The molecule has 12 heteroatoms. The van der Waals surface area contributed by atoms with Gasteiger partial charge < -0.3 is 27.8 Å². The predicted molar refractivity (Wildman–Crippen MR) is 81.4 cm³/mol. The molecule has 1 aliphatic rings. The first-order valence-electron chi connectivity index (χ1n) is 7.09. The van der Waals surface area contributed by atoms with Gasteiger partial charge in [0.2, 0.25) is 11.8 Å². The van der Waals surface area contributed by atoms with E-state index in [1.807, 2.05) is 0 Å². The van der Waals surface area contributed by atoms with E-state index < -0.39 is 23.0 Å². The number of aliphatic imine (C=N–C) groups is 1. The maximum atomic E-state index is 11.9. The molecule has 1 saturated heterocycles. The van der Waals surface area contributed by atoms with Gasteiger partial charge in [-0.1, -0.05) is 5.43 Å². The van der Waals surface area contributed by atoms with E-state index >= 15 is 0 Å². The van der Waals surface area contributed by atoms with Crippen molar-refractivity contribution in [3.8, 4) is 0 Å². The molecule has 0 aromatic rings. The number of amides is 2. The summed E-state index contributed by atoms with van der Waals surface area (Å²) in [6.07, 6.45) is 1.23. The first-order chi connectivity index (χ1) is 10.8. The molecule has 12 nitrogen and oxygen atoms in total. The normalized spacial score (nSPS) is 22.4. The van der Waals surface area contributed by atoms with Gasteiger partial charge in [0, 0.05) is 19.1 Å². The van der Waals surface area contributed by atoms with Crippen LogP contribution >= 0.6 is 0 Å². The zero-order valence-electron chi connectivity index (χ0n) is 12.5. The Balaban J connectivity index is 2.24. The van der Waals surface area contributed by atoms with Gasteiger partial charge in [0.15, 0.2) is 5.03 Å². The van der Waals surface area contributed by atoms with Crippen LogP contribution in [-0.2, 0) is 9.59 Å². The van der Waals surface area contributed by atoms with Crippen LogP contribution < -0.4 is 33.3 Å². The Labute approximate surface area is 132 Å². The van der Waals surface area contributed by atoms with Crippen molar-refractivity contribution in [2.45, 2.75) is 37.4 Å². The lowest BCUT2D eigenvalue weighted by atomic mass is 10.1. The summed E-state index contributed by atoms with van der Waals surface area (Å²) in [5.74, 6) is -1.09. The monoisotopic (exact) mass is 330 g/mol. The van der Waals surface area contributed by atoms with Crippen LogP contribution in [0.5, 0.6) is 0 Å². The number of nitro groups is 1. The van der Waals surface area contributed by atoms with Gasteiger partial charge in [-0.15, -0.1) is 0 Å². The number of hydrogen-bond donors (Lipinski definition) is 6. The molecule has 1 rings (SSSR count). The molecule has 0 radical (unpaired) electrons. The van der Waals surface area contributed by atoms with E-state index in [1.165, 1.54) is 0 Å². The molecule has 0 unspecified atom stereocenters. The van der Waals surface area contributed by atoms with Gasteiger partial charge >= 0.3 is 0 Å². The Bertz CT molecular complexity index is 483. The Morgan fingerprint density at radius 1 is 1.43 bits per heavy atom. The topological polar surface area (TPSA) is 204 Å². The minimum Gasteiger partial charge on any atom is -0.368 e. The Morgan fingerprint density at radius 3 is 2.70 bits per heavy atom. The van der Waals surface area contributed by atoms with Crippen molar-refractivity contribution in [3.05, 3.63) is 10.1 Å². The predicted octanol–water partition coefficient (Wildman–Crippen LogP) is -3.48. The number of nitrogens with zero attached hydrogens (tertiary/aromatic N) is 2. The second-order valence-corrected chi connectivity index (χ2v) is 5.19. The fourth-order valence-corrected chi connectivity index (χ4v) is 2.14. The number of carbonyl (C=O) groups excluding carboxylic acids is 2. The minimum atomic E-state index is -0.812. The summed E-state index contributed by atoms with van der Waals surface area (Å²) in [4.78, 5) is 36.7. The Morgan fingerprint density at radius 2 is 2.13 bits per heavy atom. The van der Waals surface area contributed by atoms with Crippen LogP contribution in [-0.4, -0.2) is 54.0 Å². The van der Waals surface area contributed by atoms with Crippen LogP contribution in [0.3, 0.4) is 0 Å². The molecule has 2 amide bonds. The van der Waals surface area contributed by atoms with Crippen LogP contribution in [0, 0.1) is 10.1 Å². The van der Waals surface area contributed by atoms with Crippen LogP contribution in [0.4, 0.5) is 0 Å². The van der Waals surface area contributed by atoms with E-state index in [2.05, 4.69) is 15.6 Å². The highest BCUT2D eigenvalue weighted by atomic mass is 16.7. The van der Waals surface area contributed by atoms with Crippen molar-refractivity contribution in [2.75, 3.05) is 13.1 Å². The molecule has 130 valence electrons. The number of rotatable bonds is 8. The Hall–Kier alpha value is -2.47. The third kappa shape index (κ3) is 6.88. The summed E-state index contributed by atoms with van der Waals surface area (Å²) in [6.45, 7) is 0.668. The smallest absolute Gasteiger partial charge is 0.251 e. The number of hydrazine groups is 1. The molecular weight excluding hydrogens is 308 g/mol. The van der Waals surface area contributed by atoms with Gasteiger partial charge in [0.1, 0.15) is 0 Å². The molecule has 1 aliphatic heterocycles. The molecule has 23 heavy (non-hydrogen) atoms. The number of primary amides is 1. The summed E-state index contributed by atoms with van der Waals surface area (Å²) < 4.78 is 0. The van der Waals surface area contributed by atoms with Gasteiger partial charge in [-0.05, 0) is 19.3 Å². The summed E-state index contributed by atoms with van der Waals surface area (Å²) in [7, 11) is 0. The molecule has 0 spiro atoms. The van der Waals surface area contributed by atoms with Crippen LogP contribution in [0.1, 0.15) is 19.3 Å². The van der Waals surface area contributed by atoms with Crippen LogP contribution in [0.15, 0.2) is 4.99 Å². The average Bonchev–Trinajstić information content (AvgIpc) is 2.91. The first kappa shape index (κ1) is 18.6. The molecule has 0 bridgehead atoms. The first-order valence-corrected chi connectivity index (χ1v) is 7.09. The van der Waals surface area contributed by atoms with E-state index in [0.29, 0.717) is 25.8 Å². The quantitative estimate of drug-likeness (QED) is 0.0864. The highest BCUT2D eigenvalue weighted by Gasteiger charge is 2.29. The van der Waals surface area contributed by atoms with Crippen LogP contribution in [0.25, 0.3) is 0 Å². The SMILES string of the molecule is NC(=O)[C@@H]1C[C@H](NC(=O)[C@H](N)CCCN=C(N)N[N+](=O)[O-])CN1. The zero-order chi connectivity index (χ0) is 17.4. The molecule has 1 fully saturated rings. The number of nitrogens with two attached hydrogens (primary N) is 3. The van der Waals surface area contributed by atoms with E-state index in [0.717, 1.165) is 0 Å². The number of carbonyl (C=O) groups is 2. The fourth-order valence-electron chi connectivity index (χ4n) is 2.14. The lowest BCUT2D eigenvalue weighted by Gasteiger charge is -2.16. The molecule has 0 saturated carbocycles. The van der Waals surface area contributed by atoms with Gasteiger partial charge in [0.05, 0.1) is 12.1 Å². The maximum Gasteiger partial charge on any atom is 0.251 e. The van der Waals surface area contributed by atoms with Crippen LogP contribution in [0.2, 0.25) is 0 Å². The maximum absolute atomic E-state index is 11.9. The minimum absolute atomic E-state index is 0.191.